The van der Waals surface area contributed by atoms with E-state index in [0.717, 1.165) is 11.8 Å². The highest BCUT2D eigenvalue weighted by molar-refractivity contribution is 8.77. The molecule has 46 nitrogen and oxygen atoms in total. The number of benzene rings is 2. The second kappa shape index (κ2) is 47.7. The van der Waals surface area contributed by atoms with Crippen LogP contribution in [-0.2, 0) is 99.1 Å². The summed E-state index contributed by atoms with van der Waals surface area (Å²) in [5.41, 5.74) is 23.0. The molecule has 30 N–H and O–H groups in total. The van der Waals surface area contributed by atoms with Crippen LogP contribution >= 0.6 is 43.2 Å². The molecule has 652 valence electrons. The number of rotatable bonds is 19. The molecular weight excluding hydrogens is 1650 g/mol. The molecule has 4 fully saturated rings. The van der Waals surface area contributed by atoms with E-state index in [4.69, 9.17) is 28.3 Å². The number of nitrogens with two attached hydrogens (primary N) is 4. The minimum absolute atomic E-state index is 0.0711. The van der Waals surface area contributed by atoms with Crippen LogP contribution in [0.25, 0.3) is 0 Å². The van der Waals surface area contributed by atoms with Crippen molar-refractivity contribution in [1.29, 1.82) is 5.41 Å². The van der Waals surface area contributed by atoms with Crippen molar-refractivity contribution in [1.82, 2.24) is 90.0 Å². The van der Waals surface area contributed by atoms with E-state index >= 15 is 38.4 Å². The molecule has 2 aromatic carbocycles. The number of fused-ring (bicyclic) bond motifs is 9. The Morgan fingerprint density at radius 3 is 1.44 bits per heavy atom. The van der Waals surface area contributed by atoms with Crippen LogP contribution in [0.3, 0.4) is 0 Å². The fourth-order valence-corrected chi connectivity index (χ4v) is 16.7. The first-order valence-corrected chi connectivity index (χ1v) is 42.1. The number of amides is 18. The number of carbonyl (C=O) groups is 19. The number of nitrogens with zero attached hydrogens (tertiary/aromatic N) is 1. The smallest absolute Gasteiger partial charge is 0.328 e. The highest BCUT2D eigenvalue weighted by atomic mass is 33.1. The Kier molecular flexibility index (Phi) is 38.5. The third-order valence-corrected chi connectivity index (χ3v) is 23.2. The van der Waals surface area contributed by atoms with Crippen LogP contribution in [0.4, 0.5) is 4.79 Å². The Hall–Kier alpha value is -11.6. The summed E-state index contributed by atoms with van der Waals surface area (Å²) in [4.78, 5) is 272. The van der Waals surface area contributed by atoms with Gasteiger partial charge in [0.15, 0.2) is 5.96 Å². The predicted octanol–water partition coefficient (Wildman–Crippen LogP) is -9.64. The van der Waals surface area contributed by atoms with Gasteiger partial charge in [-0.05, 0) is 87.3 Å². The number of phenols is 2. The number of phenolic OH excluding ortho intramolecular Hbond substituents is 2. The number of nitrogens with one attached hydrogen (secondary N) is 17. The minimum Gasteiger partial charge on any atom is -0.508 e. The molecule has 119 heavy (non-hydrogen) atoms. The van der Waals surface area contributed by atoms with E-state index in [-0.39, 0.29) is 74.4 Å². The molecule has 0 aliphatic carbocycles. The molecule has 4 bridgehead atoms. The van der Waals surface area contributed by atoms with Gasteiger partial charge in [-0.3, -0.25) is 86.9 Å². The summed E-state index contributed by atoms with van der Waals surface area (Å²) in [5.74, 6) is -26.5. The fraction of sp³-hybridized carbons (Fsp3) is 0.536. The summed E-state index contributed by atoms with van der Waals surface area (Å²) in [6, 6.07) is -17.4. The van der Waals surface area contributed by atoms with E-state index < -0.39 is 290 Å². The molecule has 50 heteroatoms. The first-order valence-electron chi connectivity index (χ1n) is 37.2. The molecule has 6 rings (SSSR count). The van der Waals surface area contributed by atoms with Gasteiger partial charge in [-0.25, -0.2) is 9.59 Å². The van der Waals surface area contributed by atoms with Crippen LogP contribution in [0, 0.1) is 5.41 Å². The zero-order valence-electron chi connectivity index (χ0n) is 64.0. The molecular formula is C69H98N22O24S4. The standard InChI is InChI=1S/C69H98N22O24S4/c1-31(92)53-65(111)85-42(24-52(98)99)66(112)91-20-4-7-48(91)64(110)82-38(5-2-18-75-68(72)73)56(102)87-45-28-117-116-27-44-60(106)89-47(63(109)90-53)30-119-118-29-46(62(108)84-41(22-33-10-14-35(94)15-11-33)59(105)86-43(67(113)114)25-77-50(96)23-36(70)54(100)78-26-51(97)79-44)88-57(103)39(16-17-49(71)95)81-58(104)40(21-32-8-12-34(93)13-9-32)83-55(101)37(80-61(45)107)6-3-19-76-69(74)115/h8-15,31,36-48,53,92-94H,2-7,16-30,70H2,1H3,(H2,71,95)(H,77,96)(H,78,100)(H,79,97)(H,80,107)(H,81,104)(H,82,110)(H,83,101)(H,84,108)(H,85,111)(H,86,105)(H,87,102)(H,88,103)(H,89,106)(H,90,109)(H,98,99)(H,113,114)(H4,72,73,75)(H3,74,76,115)/t31-,36+,37+,38+,39+,40+,41+,42+,43-,44+,45+,46+,47+,48+,53+/m1/s1. The van der Waals surface area contributed by atoms with Crippen molar-refractivity contribution in [3.63, 3.8) is 0 Å². The number of carboxylic acid groups (broad SMARTS) is 2. The van der Waals surface area contributed by atoms with Crippen LogP contribution in [0.15, 0.2) is 48.5 Å². The summed E-state index contributed by atoms with van der Waals surface area (Å²) in [6.45, 7) is -1.56. The Bertz CT molecular complexity index is 4060. The van der Waals surface area contributed by atoms with E-state index in [1.165, 1.54) is 48.5 Å². The van der Waals surface area contributed by atoms with E-state index in [1.54, 1.807) is 0 Å². The topological polar surface area (TPSA) is 749 Å². The second-order valence-electron chi connectivity index (χ2n) is 27.7. The lowest BCUT2D eigenvalue weighted by atomic mass is 10.0. The number of primary amides is 2. The minimum atomic E-state index is -2.17. The quantitative estimate of drug-likeness (QED) is 0.0269. The highest BCUT2D eigenvalue weighted by Gasteiger charge is 2.43. The highest BCUT2D eigenvalue weighted by Crippen LogP contribution is 2.27. The number of hydrogen-bond donors (Lipinski definition) is 26. The third-order valence-electron chi connectivity index (χ3n) is 18.4. The molecule has 0 aromatic heterocycles. The van der Waals surface area contributed by atoms with Crippen LogP contribution in [0.5, 0.6) is 11.5 Å². The van der Waals surface area contributed by atoms with Gasteiger partial charge < -0.3 is 138 Å². The van der Waals surface area contributed by atoms with Gasteiger partial charge in [0.1, 0.15) is 90.0 Å². The maximum Gasteiger partial charge on any atom is 0.328 e. The number of aliphatic hydroxyl groups is 1. The summed E-state index contributed by atoms with van der Waals surface area (Å²) in [7, 11) is 2.64. The van der Waals surface area contributed by atoms with Gasteiger partial charge in [0.2, 0.25) is 94.5 Å². The Morgan fingerprint density at radius 1 is 0.513 bits per heavy atom. The van der Waals surface area contributed by atoms with E-state index in [0.29, 0.717) is 43.2 Å². The normalized spacial score (nSPS) is 26.4. The van der Waals surface area contributed by atoms with Crippen molar-refractivity contribution in [3.8, 4) is 11.5 Å². The van der Waals surface area contributed by atoms with Crippen LogP contribution in [-0.4, -0.2) is 295 Å². The molecule has 4 aliphatic heterocycles. The predicted molar refractivity (Wildman–Crippen MR) is 426 cm³/mol. The number of urea groups is 1. The van der Waals surface area contributed by atoms with Gasteiger partial charge in [-0.2, -0.15) is 0 Å². The fourth-order valence-electron chi connectivity index (χ4n) is 12.1. The zero-order chi connectivity index (χ0) is 87.7. The number of aliphatic hydroxyl groups excluding tert-OH is 1. The average molecular weight is 1750 g/mol. The number of carbonyl (C=O) groups excluding carboxylic acids is 17. The Morgan fingerprint density at radius 2 is 0.941 bits per heavy atom. The number of aromatic hydroxyl groups is 2. The van der Waals surface area contributed by atoms with Crippen LogP contribution in [0.2, 0.25) is 0 Å². The molecule has 0 radical (unpaired) electrons. The number of carboxylic acids is 2. The van der Waals surface area contributed by atoms with Gasteiger partial charge in [0.05, 0.1) is 31.5 Å². The van der Waals surface area contributed by atoms with Gasteiger partial charge in [-0.1, -0.05) is 67.4 Å². The van der Waals surface area contributed by atoms with Crippen molar-refractivity contribution in [2.45, 2.75) is 175 Å². The first-order chi connectivity index (χ1) is 56.3. The van der Waals surface area contributed by atoms with Crippen molar-refractivity contribution in [3.05, 3.63) is 59.7 Å². The number of guanidine groups is 1. The third kappa shape index (κ3) is 32.3. The molecule has 18 amide bonds. The molecule has 2 aromatic rings. The van der Waals surface area contributed by atoms with Crippen molar-refractivity contribution < 1.29 is 117 Å². The van der Waals surface area contributed by atoms with Gasteiger partial charge in [-0.15, -0.1) is 0 Å². The molecule has 4 heterocycles. The van der Waals surface area contributed by atoms with E-state index in [9.17, 15) is 78.3 Å². The molecule has 0 spiro atoms. The number of hydrogen-bond acceptors (Lipinski definition) is 28. The lowest BCUT2D eigenvalue weighted by Crippen LogP contribution is -2.62. The van der Waals surface area contributed by atoms with Crippen molar-refractivity contribution in [2.24, 2.45) is 22.9 Å². The Labute approximate surface area is 694 Å². The monoisotopic (exact) mass is 1750 g/mol. The van der Waals surface area contributed by atoms with Crippen LogP contribution < -0.4 is 108 Å². The summed E-state index contributed by atoms with van der Waals surface area (Å²) in [5, 5.41) is 98.5. The summed E-state index contributed by atoms with van der Waals surface area (Å²) < 4.78 is 0. The maximum atomic E-state index is 15.3. The summed E-state index contributed by atoms with van der Waals surface area (Å²) >= 11 is 0. The van der Waals surface area contributed by atoms with Crippen molar-refractivity contribution >= 4 is 162 Å². The zero-order valence-corrected chi connectivity index (χ0v) is 67.3. The maximum absolute atomic E-state index is 15.3. The largest absolute Gasteiger partial charge is 0.508 e. The lowest BCUT2D eigenvalue weighted by molar-refractivity contribution is -0.146. The molecule has 0 saturated carbocycles. The molecule has 4 saturated heterocycles. The van der Waals surface area contributed by atoms with E-state index in [2.05, 4.69) is 85.1 Å². The average Bonchev–Trinajstić information content (AvgIpc) is 1.68. The van der Waals surface area contributed by atoms with Gasteiger partial charge >= 0.3 is 18.0 Å². The van der Waals surface area contributed by atoms with Crippen molar-refractivity contribution in [2.75, 3.05) is 55.7 Å². The first kappa shape index (κ1) is 96.2. The lowest BCUT2D eigenvalue weighted by Gasteiger charge is -2.31. The molecule has 15 atom stereocenters. The summed E-state index contributed by atoms with van der Waals surface area (Å²) in [6.07, 6.45) is -7.56. The van der Waals surface area contributed by atoms with Crippen LogP contribution in [0.1, 0.15) is 82.3 Å². The second-order valence-corrected chi connectivity index (χ2v) is 32.8. The number of aliphatic carboxylic acids is 2. The van der Waals surface area contributed by atoms with Gasteiger partial charge in [0, 0.05) is 68.5 Å². The SMILES string of the molecule is C[C@@H](O)[C@@H]1NC(=O)[C@@H]2CSSC[C@@H]3NC(=O)[C@H](CCC(N)=O)NC(=O)[C@H](Cc4ccc(O)cc4)NC(=O)[C@H](CCCNC(N)=O)NC(=O)[C@H](CSSC[C@H](NC(=O)CNC(=O)[C@@H](N)CC(=O)NC[C@H](C(=O)O)NC(=O)[C@H](Cc4ccc(O)cc4)NC3=O)C(=O)N2)NC(=O)[C@H](CCCNC(=N)N)NC(=O)[C@@H]2CCCN2C(=O)[C@H](CC(=O)O)NC1=O. The molecule has 4 aliphatic rings. The van der Waals surface area contributed by atoms with Gasteiger partial charge in [0.25, 0.3) is 0 Å². The Balaban J connectivity index is 1.64. The molecule has 0 unspecified atom stereocenters. The van der Waals surface area contributed by atoms with E-state index in [1.807, 2.05) is 0 Å².